The lowest BCUT2D eigenvalue weighted by atomic mass is 10.1. The number of hydrogen-bond donors (Lipinski definition) is 3. The van der Waals surface area contributed by atoms with Crippen LogP contribution in [0.1, 0.15) is 18.9 Å². The first-order valence-electron chi connectivity index (χ1n) is 9.55. The number of carbonyl (C=O) groups is 3. The van der Waals surface area contributed by atoms with E-state index in [2.05, 4.69) is 16.0 Å². The summed E-state index contributed by atoms with van der Waals surface area (Å²) in [5.74, 6) is -0.169. The fourth-order valence-corrected chi connectivity index (χ4v) is 3.10. The van der Waals surface area contributed by atoms with Gasteiger partial charge in [0.1, 0.15) is 5.75 Å². The largest absolute Gasteiger partial charge is 0.497 e. The van der Waals surface area contributed by atoms with Gasteiger partial charge in [0.05, 0.1) is 18.9 Å². The Morgan fingerprint density at radius 3 is 2.07 bits per heavy atom. The van der Waals surface area contributed by atoms with Gasteiger partial charge < -0.3 is 20.7 Å². The Balaban J connectivity index is 1.40. The van der Waals surface area contributed by atoms with Crippen LogP contribution in [0.15, 0.2) is 48.5 Å². The van der Waals surface area contributed by atoms with E-state index < -0.39 is 0 Å². The number of anilines is 2. The van der Waals surface area contributed by atoms with E-state index in [1.54, 1.807) is 31.4 Å². The molecule has 0 aromatic heterocycles. The zero-order chi connectivity index (χ0) is 20.8. The molecule has 2 unspecified atom stereocenters. The van der Waals surface area contributed by atoms with Crippen molar-refractivity contribution in [1.82, 2.24) is 5.32 Å². The molecule has 1 saturated carbocycles. The van der Waals surface area contributed by atoms with Crippen molar-refractivity contribution in [2.75, 3.05) is 24.3 Å². The number of carbonyl (C=O) groups excluding carboxylic acids is 3. The monoisotopic (exact) mass is 395 g/mol. The van der Waals surface area contributed by atoms with Gasteiger partial charge in [0.15, 0.2) is 0 Å². The first kappa shape index (κ1) is 20.4. The van der Waals surface area contributed by atoms with Crippen molar-refractivity contribution in [3.05, 3.63) is 54.1 Å². The van der Waals surface area contributed by atoms with Crippen molar-refractivity contribution in [2.24, 2.45) is 11.8 Å². The molecule has 1 aliphatic rings. The third kappa shape index (κ3) is 5.81. The van der Waals surface area contributed by atoms with Crippen LogP contribution in [0.5, 0.6) is 5.75 Å². The lowest BCUT2D eigenvalue weighted by molar-refractivity contribution is -0.125. The Hall–Kier alpha value is -3.35. The molecule has 3 N–H and O–H groups in total. The van der Waals surface area contributed by atoms with E-state index in [0.717, 1.165) is 17.7 Å². The molecule has 3 amide bonds. The summed E-state index contributed by atoms with van der Waals surface area (Å²) >= 11 is 0. The SMILES string of the molecule is COc1ccc(CCNC(=O)C2CC2C(=O)Nc2ccc(NC(C)=O)cc2)cc1. The minimum atomic E-state index is -0.300. The van der Waals surface area contributed by atoms with Gasteiger partial charge >= 0.3 is 0 Å². The third-order valence-electron chi connectivity index (χ3n) is 4.81. The minimum absolute atomic E-state index is 0.0836. The normalized spacial score (nSPS) is 17.2. The average molecular weight is 395 g/mol. The van der Waals surface area contributed by atoms with Gasteiger partial charge in [-0.25, -0.2) is 0 Å². The summed E-state index contributed by atoms with van der Waals surface area (Å²) in [7, 11) is 1.62. The van der Waals surface area contributed by atoms with Crippen molar-refractivity contribution in [3.8, 4) is 5.75 Å². The quantitative estimate of drug-likeness (QED) is 0.640. The number of amides is 3. The summed E-state index contributed by atoms with van der Waals surface area (Å²) in [5.41, 5.74) is 2.41. The molecule has 2 aromatic carbocycles. The second-order valence-corrected chi connectivity index (χ2v) is 7.09. The van der Waals surface area contributed by atoms with Gasteiger partial charge in [0, 0.05) is 24.8 Å². The van der Waals surface area contributed by atoms with Crippen molar-refractivity contribution in [3.63, 3.8) is 0 Å². The van der Waals surface area contributed by atoms with Crippen LogP contribution in [-0.2, 0) is 20.8 Å². The van der Waals surface area contributed by atoms with Crippen LogP contribution >= 0.6 is 0 Å². The van der Waals surface area contributed by atoms with Gasteiger partial charge in [-0.1, -0.05) is 12.1 Å². The fraction of sp³-hybridized carbons (Fsp3) is 0.318. The Morgan fingerprint density at radius 1 is 0.897 bits per heavy atom. The molecule has 7 nitrogen and oxygen atoms in total. The highest BCUT2D eigenvalue weighted by atomic mass is 16.5. The highest BCUT2D eigenvalue weighted by Crippen LogP contribution is 2.39. The lowest BCUT2D eigenvalue weighted by Gasteiger charge is -2.08. The van der Waals surface area contributed by atoms with Gasteiger partial charge in [-0.15, -0.1) is 0 Å². The second kappa shape index (κ2) is 9.23. The molecule has 2 atom stereocenters. The van der Waals surface area contributed by atoms with Crippen molar-refractivity contribution < 1.29 is 19.1 Å². The predicted molar refractivity (Wildman–Crippen MR) is 111 cm³/mol. The summed E-state index contributed by atoms with van der Waals surface area (Å²) in [6.45, 7) is 1.96. The number of ether oxygens (including phenoxy) is 1. The summed E-state index contributed by atoms with van der Waals surface area (Å²) in [6.07, 6.45) is 1.28. The minimum Gasteiger partial charge on any atom is -0.497 e. The molecule has 0 saturated heterocycles. The molecule has 0 spiro atoms. The first-order chi connectivity index (χ1) is 14.0. The maximum atomic E-state index is 12.3. The Morgan fingerprint density at radius 2 is 1.48 bits per heavy atom. The summed E-state index contributed by atoms with van der Waals surface area (Å²) in [4.78, 5) is 35.6. The van der Waals surface area contributed by atoms with Crippen molar-refractivity contribution in [2.45, 2.75) is 19.8 Å². The number of hydrogen-bond acceptors (Lipinski definition) is 4. The van der Waals surface area contributed by atoms with Crippen LogP contribution in [0.2, 0.25) is 0 Å². The van der Waals surface area contributed by atoms with Crippen LogP contribution in [0, 0.1) is 11.8 Å². The zero-order valence-corrected chi connectivity index (χ0v) is 16.5. The molecular weight excluding hydrogens is 370 g/mol. The predicted octanol–water partition coefficient (Wildman–Crippen LogP) is 2.59. The van der Waals surface area contributed by atoms with Crippen LogP contribution in [0.4, 0.5) is 11.4 Å². The first-order valence-corrected chi connectivity index (χ1v) is 9.55. The van der Waals surface area contributed by atoms with E-state index in [-0.39, 0.29) is 29.6 Å². The number of nitrogens with one attached hydrogen (secondary N) is 3. The topological polar surface area (TPSA) is 96.5 Å². The number of methoxy groups -OCH3 is 1. The molecule has 0 heterocycles. The summed E-state index contributed by atoms with van der Waals surface area (Å²) in [6, 6.07) is 14.6. The van der Waals surface area contributed by atoms with Gasteiger partial charge in [-0.05, 0) is 54.8 Å². The number of benzene rings is 2. The molecule has 7 heteroatoms. The van der Waals surface area contributed by atoms with Crippen molar-refractivity contribution in [1.29, 1.82) is 0 Å². The highest BCUT2D eigenvalue weighted by Gasteiger charge is 2.47. The summed E-state index contributed by atoms with van der Waals surface area (Å²) in [5, 5.41) is 8.39. The van der Waals surface area contributed by atoms with E-state index >= 15 is 0 Å². The highest BCUT2D eigenvalue weighted by molar-refractivity contribution is 5.99. The van der Waals surface area contributed by atoms with Gasteiger partial charge in [0.25, 0.3) is 0 Å². The molecule has 29 heavy (non-hydrogen) atoms. The van der Waals surface area contributed by atoms with E-state index in [0.29, 0.717) is 24.3 Å². The standard InChI is InChI=1S/C22H25N3O4/c1-14(26)24-16-5-7-17(8-6-16)25-22(28)20-13-19(20)21(27)23-12-11-15-3-9-18(29-2)10-4-15/h3-10,19-20H,11-13H2,1-2H3,(H,23,27)(H,24,26)(H,25,28). The zero-order valence-electron chi connectivity index (χ0n) is 16.5. The van der Waals surface area contributed by atoms with Gasteiger partial charge in [0.2, 0.25) is 17.7 Å². The maximum Gasteiger partial charge on any atom is 0.228 e. The number of rotatable bonds is 8. The van der Waals surface area contributed by atoms with Crippen LogP contribution in [0.3, 0.4) is 0 Å². The Bertz CT molecular complexity index is 878. The second-order valence-electron chi connectivity index (χ2n) is 7.09. The van der Waals surface area contributed by atoms with E-state index in [9.17, 15) is 14.4 Å². The molecule has 0 bridgehead atoms. The van der Waals surface area contributed by atoms with Gasteiger partial charge in [-0.2, -0.15) is 0 Å². The van der Waals surface area contributed by atoms with Gasteiger partial charge in [-0.3, -0.25) is 14.4 Å². The molecular formula is C22H25N3O4. The fourth-order valence-electron chi connectivity index (χ4n) is 3.10. The third-order valence-corrected chi connectivity index (χ3v) is 4.81. The molecule has 3 rings (SSSR count). The maximum absolute atomic E-state index is 12.3. The van der Waals surface area contributed by atoms with Crippen molar-refractivity contribution >= 4 is 29.1 Å². The van der Waals surface area contributed by atoms with E-state index in [1.807, 2.05) is 24.3 Å². The Labute approximate surface area is 169 Å². The molecule has 2 aromatic rings. The summed E-state index contributed by atoms with van der Waals surface area (Å²) < 4.78 is 5.13. The van der Waals surface area contributed by atoms with E-state index in [4.69, 9.17) is 4.74 Å². The molecule has 1 fully saturated rings. The van der Waals surface area contributed by atoms with Crippen LogP contribution < -0.4 is 20.7 Å². The van der Waals surface area contributed by atoms with Crippen LogP contribution in [0.25, 0.3) is 0 Å². The lowest BCUT2D eigenvalue weighted by Crippen LogP contribution is -2.29. The Kier molecular flexibility index (Phi) is 6.49. The average Bonchev–Trinajstić information content (AvgIpc) is 3.51. The molecule has 0 aliphatic heterocycles. The molecule has 152 valence electrons. The van der Waals surface area contributed by atoms with E-state index in [1.165, 1.54) is 6.92 Å². The molecule has 1 aliphatic carbocycles. The van der Waals surface area contributed by atoms with Crippen LogP contribution in [-0.4, -0.2) is 31.4 Å². The molecule has 0 radical (unpaired) electrons. The smallest absolute Gasteiger partial charge is 0.228 e.